The van der Waals surface area contributed by atoms with Crippen molar-refractivity contribution in [2.24, 2.45) is 0 Å². The van der Waals surface area contributed by atoms with Gasteiger partial charge in [-0.1, -0.05) is 12.1 Å². The maximum absolute atomic E-state index is 12.8. The van der Waals surface area contributed by atoms with Crippen LogP contribution in [-0.2, 0) is 9.59 Å². The van der Waals surface area contributed by atoms with Crippen LogP contribution in [0.3, 0.4) is 0 Å². The van der Waals surface area contributed by atoms with Crippen LogP contribution in [0.15, 0.2) is 29.2 Å². The number of rotatable bonds is 3. The van der Waals surface area contributed by atoms with E-state index in [4.69, 9.17) is 0 Å². The van der Waals surface area contributed by atoms with Gasteiger partial charge in [-0.2, -0.15) is 0 Å². The van der Waals surface area contributed by atoms with Gasteiger partial charge in [0.1, 0.15) is 6.54 Å². The quantitative estimate of drug-likeness (QED) is 0.827. The number of nitrogens with zero attached hydrogens (tertiary/aromatic N) is 3. The normalized spacial score (nSPS) is 23.5. The standard InChI is InChI=1S/C18H24N4O2S.ClH/c23-17(21-8-5-14(11-21)20-9-6-19-7-10-20)12-22-15-3-1-2-4-16(15)25-13-18(22)24;/h1-4,14,19H,5-13H2;1H. The van der Waals surface area contributed by atoms with Crippen molar-refractivity contribution in [1.29, 1.82) is 0 Å². The zero-order valence-corrected chi connectivity index (χ0v) is 16.4. The molecule has 3 aliphatic heterocycles. The molecule has 1 unspecified atom stereocenters. The van der Waals surface area contributed by atoms with Crippen molar-refractivity contribution in [2.75, 3.05) is 56.5 Å². The average Bonchev–Trinajstić information content (AvgIpc) is 3.15. The number of carbonyl (C=O) groups excluding carboxylic acids is 2. The first-order valence-electron chi connectivity index (χ1n) is 8.97. The summed E-state index contributed by atoms with van der Waals surface area (Å²) in [6, 6.07) is 8.30. The summed E-state index contributed by atoms with van der Waals surface area (Å²) in [5, 5.41) is 3.37. The van der Waals surface area contributed by atoms with Crippen LogP contribution >= 0.6 is 24.2 Å². The second-order valence-corrected chi connectivity index (χ2v) is 7.82. The Morgan fingerprint density at radius 2 is 1.96 bits per heavy atom. The molecule has 0 aliphatic carbocycles. The molecule has 0 saturated carbocycles. The Labute approximate surface area is 164 Å². The third kappa shape index (κ3) is 4.01. The van der Waals surface area contributed by atoms with Gasteiger partial charge >= 0.3 is 0 Å². The van der Waals surface area contributed by atoms with E-state index < -0.39 is 0 Å². The fraction of sp³-hybridized carbons (Fsp3) is 0.556. The number of hydrogen-bond donors (Lipinski definition) is 1. The van der Waals surface area contributed by atoms with E-state index >= 15 is 0 Å². The monoisotopic (exact) mass is 396 g/mol. The Balaban J connectivity index is 0.00000196. The highest BCUT2D eigenvalue weighted by atomic mass is 35.5. The van der Waals surface area contributed by atoms with Crippen molar-refractivity contribution < 1.29 is 9.59 Å². The molecule has 2 fully saturated rings. The molecule has 2 saturated heterocycles. The van der Waals surface area contributed by atoms with Gasteiger partial charge in [0, 0.05) is 50.2 Å². The highest BCUT2D eigenvalue weighted by Crippen LogP contribution is 2.34. The summed E-state index contributed by atoms with van der Waals surface area (Å²) in [6.07, 6.45) is 1.03. The summed E-state index contributed by atoms with van der Waals surface area (Å²) in [4.78, 5) is 32.3. The van der Waals surface area contributed by atoms with Crippen molar-refractivity contribution in [1.82, 2.24) is 15.1 Å². The van der Waals surface area contributed by atoms with Crippen molar-refractivity contribution in [3.05, 3.63) is 24.3 Å². The minimum Gasteiger partial charge on any atom is -0.340 e. The van der Waals surface area contributed by atoms with Gasteiger partial charge in [0.2, 0.25) is 11.8 Å². The van der Waals surface area contributed by atoms with Gasteiger partial charge in [-0.25, -0.2) is 0 Å². The molecule has 1 aromatic carbocycles. The van der Waals surface area contributed by atoms with Crippen LogP contribution in [0.1, 0.15) is 6.42 Å². The first kappa shape index (κ1) is 19.5. The Hall–Kier alpha value is -1.28. The van der Waals surface area contributed by atoms with E-state index in [0.717, 1.165) is 56.3 Å². The number of fused-ring (bicyclic) bond motifs is 1. The fourth-order valence-corrected chi connectivity index (χ4v) is 4.81. The highest BCUT2D eigenvalue weighted by molar-refractivity contribution is 8.00. The number of hydrogen-bond acceptors (Lipinski definition) is 5. The predicted molar refractivity (Wildman–Crippen MR) is 106 cm³/mol. The van der Waals surface area contributed by atoms with E-state index in [9.17, 15) is 9.59 Å². The second kappa shape index (κ2) is 8.61. The third-order valence-electron chi connectivity index (χ3n) is 5.29. The number of benzene rings is 1. The fourth-order valence-electron chi connectivity index (χ4n) is 3.88. The topological polar surface area (TPSA) is 55.9 Å². The number of carbonyl (C=O) groups is 2. The molecule has 0 spiro atoms. The number of halogens is 1. The van der Waals surface area contributed by atoms with E-state index in [1.807, 2.05) is 29.2 Å². The number of likely N-dealkylation sites (tertiary alicyclic amines) is 1. The summed E-state index contributed by atoms with van der Waals surface area (Å²) in [6.45, 7) is 5.92. The summed E-state index contributed by atoms with van der Waals surface area (Å²) in [7, 11) is 0. The van der Waals surface area contributed by atoms with E-state index in [2.05, 4.69) is 10.2 Å². The minimum atomic E-state index is 0. The minimum absolute atomic E-state index is 0. The van der Waals surface area contributed by atoms with Gasteiger partial charge in [0.15, 0.2) is 0 Å². The molecule has 1 atom stereocenters. The van der Waals surface area contributed by atoms with Crippen molar-refractivity contribution in [2.45, 2.75) is 17.4 Å². The molecule has 0 radical (unpaired) electrons. The van der Waals surface area contributed by atoms with E-state index in [0.29, 0.717) is 11.8 Å². The summed E-state index contributed by atoms with van der Waals surface area (Å²) >= 11 is 1.55. The molecule has 3 aliphatic rings. The largest absolute Gasteiger partial charge is 0.340 e. The molecule has 6 nitrogen and oxygen atoms in total. The zero-order valence-electron chi connectivity index (χ0n) is 14.7. The van der Waals surface area contributed by atoms with Crippen LogP contribution in [0.5, 0.6) is 0 Å². The number of para-hydroxylation sites is 1. The Kier molecular flexibility index (Phi) is 6.45. The molecule has 1 N–H and O–H groups in total. The van der Waals surface area contributed by atoms with Gasteiger partial charge in [-0.15, -0.1) is 24.2 Å². The lowest BCUT2D eigenvalue weighted by molar-refractivity contribution is -0.130. The first-order valence-corrected chi connectivity index (χ1v) is 9.95. The lowest BCUT2D eigenvalue weighted by Crippen LogP contribution is -2.50. The molecule has 1 aromatic rings. The van der Waals surface area contributed by atoms with E-state index in [1.54, 1.807) is 16.7 Å². The van der Waals surface area contributed by atoms with Gasteiger partial charge in [0.25, 0.3) is 0 Å². The molecule has 4 rings (SSSR count). The molecule has 142 valence electrons. The Morgan fingerprint density at radius 1 is 1.19 bits per heavy atom. The Bertz CT molecular complexity index is 668. The number of nitrogens with one attached hydrogen (secondary N) is 1. The van der Waals surface area contributed by atoms with Crippen molar-refractivity contribution >= 4 is 41.7 Å². The van der Waals surface area contributed by atoms with Gasteiger partial charge in [-0.05, 0) is 18.6 Å². The van der Waals surface area contributed by atoms with Gasteiger partial charge in [0.05, 0.1) is 11.4 Å². The number of amides is 2. The number of anilines is 1. The van der Waals surface area contributed by atoms with Crippen molar-refractivity contribution in [3.63, 3.8) is 0 Å². The second-order valence-electron chi connectivity index (χ2n) is 6.80. The van der Waals surface area contributed by atoms with E-state index in [-0.39, 0.29) is 30.8 Å². The first-order chi connectivity index (χ1) is 12.2. The van der Waals surface area contributed by atoms with Crippen LogP contribution in [-0.4, -0.2) is 79.2 Å². The smallest absolute Gasteiger partial charge is 0.242 e. The molecular weight excluding hydrogens is 372 g/mol. The summed E-state index contributed by atoms with van der Waals surface area (Å²) in [5.41, 5.74) is 0.870. The number of piperazine rings is 1. The van der Waals surface area contributed by atoms with Crippen LogP contribution in [0.25, 0.3) is 0 Å². The van der Waals surface area contributed by atoms with Crippen LogP contribution in [0.4, 0.5) is 5.69 Å². The lowest BCUT2D eigenvalue weighted by atomic mass is 10.2. The van der Waals surface area contributed by atoms with Crippen LogP contribution in [0.2, 0.25) is 0 Å². The third-order valence-corrected chi connectivity index (χ3v) is 6.33. The lowest BCUT2D eigenvalue weighted by Gasteiger charge is -2.33. The predicted octanol–water partition coefficient (Wildman–Crippen LogP) is 1.05. The van der Waals surface area contributed by atoms with Crippen LogP contribution in [0, 0.1) is 0 Å². The molecule has 0 bridgehead atoms. The highest BCUT2D eigenvalue weighted by Gasteiger charge is 2.33. The molecular formula is C18H25ClN4O2S. The summed E-state index contributed by atoms with van der Waals surface area (Å²) < 4.78 is 0. The van der Waals surface area contributed by atoms with Crippen LogP contribution < -0.4 is 10.2 Å². The average molecular weight is 397 g/mol. The maximum atomic E-state index is 12.8. The SMILES string of the molecule is Cl.O=C(CN1C(=O)CSc2ccccc21)N1CCC(N2CCNCC2)C1. The maximum Gasteiger partial charge on any atom is 0.242 e. The zero-order chi connectivity index (χ0) is 17.2. The molecule has 26 heavy (non-hydrogen) atoms. The Morgan fingerprint density at radius 3 is 2.77 bits per heavy atom. The van der Waals surface area contributed by atoms with Gasteiger partial charge < -0.3 is 15.1 Å². The summed E-state index contributed by atoms with van der Waals surface area (Å²) in [5.74, 6) is 0.496. The molecule has 3 heterocycles. The molecule has 0 aromatic heterocycles. The molecule has 8 heteroatoms. The van der Waals surface area contributed by atoms with Gasteiger partial charge in [-0.3, -0.25) is 14.5 Å². The van der Waals surface area contributed by atoms with E-state index in [1.165, 1.54) is 0 Å². The van der Waals surface area contributed by atoms with Crippen molar-refractivity contribution in [3.8, 4) is 0 Å². The number of thioether (sulfide) groups is 1. The molecule has 2 amide bonds.